The molecule has 0 spiro atoms. The van der Waals surface area contributed by atoms with Gasteiger partial charge in [-0.05, 0) is 47.7 Å². The summed E-state index contributed by atoms with van der Waals surface area (Å²) < 4.78 is 0. The zero-order chi connectivity index (χ0) is 17.6. The molecule has 1 N–H and O–H groups in total. The number of benzene rings is 3. The summed E-state index contributed by atoms with van der Waals surface area (Å²) in [4.78, 5) is 14.8. The largest absolute Gasteiger partial charge is 0.331 e. The van der Waals surface area contributed by atoms with Crippen LogP contribution < -0.4 is 0 Å². The van der Waals surface area contributed by atoms with E-state index in [1.165, 1.54) is 17.0 Å². The fourth-order valence-electron chi connectivity index (χ4n) is 3.01. The molecule has 0 aliphatic rings. The van der Waals surface area contributed by atoms with E-state index in [4.69, 9.17) is 5.41 Å². The van der Waals surface area contributed by atoms with Gasteiger partial charge in [0, 0.05) is 24.6 Å². The van der Waals surface area contributed by atoms with Gasteiger partial charge in [0.05, 0.1) is 0 Å². The quantitative estimate of drug-likeness (QED) is 0.641. The van der Waals surface area contributed by atoms with Crippen molar-refractivity contribution in [1.29, 1.82) is 5.41 Å². The molecule has 0 heterocycles. The normalized spacial score (nSPS) is 11.9. The van der Waals surface area contributed by atoms with Gasteiger partial charge in [0.2, 0.25) is 0 Å². The summed E-state index contributed by atoms with van der Waals surface area (Å²) in [6.45, 7) is 2.53. The summed E-state index contributed by atoms with van der Waals surface area (Å²) in [6.07, 6.45) is 1.92. The van der Waals surface area contributed by atoms with E-state index in [0.29, 0.717) is 18.5 Å². The Hall–Kier alpha value is -2.94. The number of carbonyl (C=O) groups is 1. The second-order valence-electron chi connectivity index (χ2n) is 6.27. The molecule has 1 atom stereocenters. The molecule has 0 bridgehead atoms. The number of nitrogens with zero attached hydrogens (tertiary/aromatic N) is 1. The molecule has 0 saturated heterocycles. The molecule has 0 aliphatic heterocycles. The molecule has 0 aliphatic carbocycles. The minimum Gasteiger partial charge on any atom is -0.331 e. The number of amides is 1. The Kier molecular flexibility index (Phi) is 5.24. The zero-order valence-electron chi connectivity index (χ0n) is 14.4. The van der Waals surface area contributed by atoms with Gasteiger partial charge in [-0.25, -0.2) is 0 Å². The molecular weight excluding hydrogens is 308 g/mol. The van der Waals surface area contributed by atoms with E-state index in [-0.39, 0.29) is 11.9 Å². The first-order valence-corrected chi connectivity index (χ1v) is 8.51. The third-order valence-corrected chi connectivity index (χ3v) is 4.44. The fraction of sp³-hybridized carbons (Fsp3) is 0.182. The number of nitrogens with one attached hydrogen (secondary N) is 1. The Morgan fingerprint density at radius 2 is 1.68 bits per heavy atom. The summed E-state index contributed by atoms with van der Waals surface area (Å²) in [7, 11) is 0. The first-order chi connectivity index (χ1) is 12.2. The molecule has 0 radical (unpaired) electrons. The second-order valence-corrected chi connectivity index (χ2v) is 6.27. The van der Waals surface area contributed by atoms with Gasteiger partial charge in [-0.2, -0.15) is 0 Å². The van der Waals surface area contributed by atoms with Crippen LogP contribution >= 0.6 is 0 Å². The molecule has 3 aromatic rings. The highest BCUT2D eigenvalue weighted by Crippen LogP contribution is 2.19. The highest BCUT2D eigenvalue weighted by atomic mass is 16.2. The molecule has 3 heteroatoms. The molecule has 3 nitrogen and oxygen atoms in total. The van der Waals surface area contributed by atoms with E-state index in [1.54, 1.807) is 0 Å². The number of carbonyl (C=O) groups excluding carboxylic acids is 1. The van der Waals surface area contributed by atoms with Gasteiger partial charge < -0.3 is 10.3 Å². The van der Waals surface area contributed by atoms with Crippen LogP contribution in [0.5, 0.6) is 0 Å². The molecule has 1 amide bonds. The van der Waals surface area contributed by atoms with Crippen molar-refractivity contribution < 1.29 is 4.79 Å². The van der Waals surface area contributed by atoms with E-state index in [1.807, 2.05) is 54.3 Å². The molecule has 0 unspecified atom stereocenters. The number of fused-ring (bicyclic) bond motifs is 1. The standard InChI is InChI=1S/C22H22N2O/c1-17(13-14-23)24(22(25)20-8-3-2-4-9-20)16-18-11-12-19-7-5-6-10-21(19)15-18/h2-12,14-15,17,23H,13,16H2,1H3/t17-/m1/s1. The van der Waals surface area contributed by atoms with Crippen molar-refractivity contribution in [3.05, 3.63) is 83.9 Å². The van der Waals surface area contributed by atoms with Crippen molar-refractivity contribution in [1.82, 2.24) is 4.90 Å². The Labute approximate surface area is 148 Å². The van der Waals surface area contributed by atoms with Crippen LogP contribution in [-0.2, 0) is 6.54 Å². The van der Waals surface area contributed by atoms with Crippen molar-refractivity contribution in [3.63, 3.8) is 0 Å². The van der Waals surface area contributed by atoms with Crippen LogP contribution in [0.25, 0.3) is 10.8 Å². The van der Waals surface area contributed by atoms with Gasteiger partial charge in [-0.1, -0.05) is 54.6 Å². The van der Waals surface area contributed by atoms with Gasteiger partial charge in [0.25, 0.3) is 5.91 Å². The molecule has 0 aromatic heterocycles. The maximum atomic E-state index is 13.0. The van der Waals surface area contributed by atoms with Crippen LogP contribution in [0, 0.1) is 5.41 Å². The minimum absolute atomic E-state index is 0.00288. The summed E-state index contributed by atoms with van der Waals surface area (Å²) >= 11 is 0. The van der Waals surface area contributed by atoms with E-state index in [0.717, 1.165) is 5.56 Å². The Morgan fingerprint density at radius 1 is 1.00 bits per heavy atom. The molecular formula is C22H22N2O. The molecule has 126 valence electrons. The minimum atomic E-state index is -0.0309. The van der Waals surface area contributed by atoms with Gasteiger partial charge in [0.1, 0.15) is 0 Å². The van der Waals surface area contributed by atoms with Gasteiger partial charge in [-0.3, -0.25) is 4.79 Å². The number of hydrogen-bond donors (Lipinski definition) is 1. The Bertz CT molecular complexity index is 873. The summed E-state index contributed by atoms with van der Waals surface area (Å²) in [6, 6.07) is 23.8. The average molecular weight is 330 g/mol. The van der Waals surface area contributed by atoms with E-state index in [2.05, 4.69) is 30.3 Å². The molecule has 3 rings (SSSR count). The predicted octanol–water partition coefficient (Wildman–Crippen LogP) is 4.91. The number of rotatable bonds is 6. The van der Waals surface area contributed by atoms with E-state index in [9.17, 15) is 4.79 Å². The fourth-order valence-corrected chi connectivity index (χ4v) is 3.01. The van der Waals surface area contributed by atoms with Gasteiger partial charge in [0.15, 0.2) is 0 Å². The lowest BCUT2D eigenvalue weighted by Crippen LogP contribution is -2.38. The topological polar surface area (TPSA) is 44.2 Å². The van der Waals surface area contributed by atoms with Gasteiger partial charge in [-0.15, -0.1) is 0 Å². The molecule has 25 heavy (non-hydrogen) atoms. The van der Waals surface area contributed by atoms with Crippen molar-refractivity contribution in [2.24, 2.45) is 0 Å². The second kappa shape index (κ2) is 7.75. The highest BCUT2D eigenvalue weighted by molar-refractivity contribution is 5.94. The third kappa shape index (κ3) is 3.94. The molecule has 0 fully saturated rings. The Balaban J connectivity index is 1.90. The first kappa shape index (κ1) is 16.9. The average Bonchev–Trinajstić information content (AvgIpc) is 2.66. The van der Waals surface area contributed by atoms with Crippen molar-refractivity contribution in [2.75, 3.05) is 0 Å². The molecule has 3 aromatic carbocycles. The van der Waals surface area contributed by atoms with Crippen molar-refractivity contribution in [2.45, 2.75) is 25.9 Å². The lowest BCUT2D eigenvalue weighted by Gasteiger charge is -2.29. The van der Waals surface area contributed by atoms with Crippen molar-refractivity contribution >= 4 is 22.9 Å². The Morgan fingerprint density at radius 3 is 2.40 bits per heavy atom. The molecule has 0 saturated carbocycles. The van der Waals surface area contributed by atoms with E-state index < -0.39 is 0 Å². The van der Waals surface area contributed by atoms with Crippen LogP contribution in [0.1, 0.15) is 29.3 Å². The van der Waals surface area contributed by atoms with Crippen LogP contribution in [-0.4, -0.2) is 23.1 Å². The van der Waals surface area contributed by atoms with E-state index >= 15 is 0 Å². The third-order valence-electron chi connectivity index (χ3n) is 4.44. The SMILES string of the molecule is C[C@H](CC=N)N(Cc1ccc2ccccc2c1)C(=O)c1ccccc1. The smallest absolute Gasteiger partial charge is 0.254 e. The van der Waals surface area contributed by atoms with Crippen LogP contribution in [0.2, 0.25) is 0 Å². The first-order valence-electron chi connectivity index (χ1n) is 8.51. The number of hydrogen-bond acceptors (Lipinski definition) is 2. The maximum Gasteiger partial charge on any atom is 0.254 e. The zero-order valence-corrected chi connectivity index (χ0v) is 14.4. The van der Waals surface area contributed by atoms with Crippen LogP contribution in [0.15, 0.2) is 72.8 Å². The lowest BCUT2D eigenvalue weighted by molar-refractivity contribution is 0.0682. The summed E-state index contributed by atoms with van der Waals surface area (Å²) in [5, 5.41) is 9.76. The highest BCUT2D eigenvalue weighted by Gasteiger charge is 2.21. The van der Waals surface area contributed by atoms with Crippen molar-refractivity contribution in [3.8, 4) is 0 Å². The van der Waals surface area contributed by atoms with Crippen LogP contribution in [0.4, 0.5) is 0 Å². The summed E-state index contributed by atoms with van der Waals surface area (Å²) in [5.74, 6) is 0.00288. The lowest BCUT2D eigenvalue weighted by atomic mass is 10.0. The monoisotopic (exact) mass is 330 g/mol. The van der Waals surface area contributed by atoms with Crippen LogP contribution in [0.3, 0.4) is 0 Å². The maximum absolute atomic E-state index is 13.0. The van der Waals surface area contributed by atoms with Gasteiger partial charge >= 0.3 is 0 Å². The predicted molar refractivity (Wildman–Crippen MR) is 103 cm³/mol. The summed E-state index contributed by atoms with van der Waals surface area (Å²) in [5.41, 5.74) is 1.78.